The van der Waals surface area contributed by atoms with E-state index in [1.165, 1.54) is 12.4 Å². The second kappa shape index (κ2) is 8.17. The molecule has 0 radical (unpaired) electrons. The van der Waals surface area contributed by atoms with Crippen molar-refractivity contribution in [3.05, 3.63) is 52.3 Å². The van der Waals surface area contributed by atoms with Gasteiger partial charge in [-0.2, -0.15) is 0 Å². The van der Waals surface area contributed by atoms with Crippen molar-refractivity contribution < 1.29 is 19.2 Å². The fourth-order valence-corrected chi connectivity index (χ4v) is 3.93. The molecule has 0 bridgehead atoms. The van der Waals surface area contributed by atoms with Crippen molar-refractivity contribution in [3.8, 4) is 11.5 Å². The van der Waals surface area contributed by atoms with Gasteiger partial charge in [-0.1, -0.05) is 6.07 Å². The molecular formula is C21H20N6O5. The molecule has 2 aromatic carbocycles. The summed E-state index contributed by atoms with van der Waals surface area (Å²) in [7, 11) is 0. The molecule has 1 N–H and O–H groups in total. The highest BCUT2D eigenvalue weighted by Gasteiger charge is 2.25. The van der Waals surface area contributed by atoms with Gasteiger partial charge in [-0.25, -0.2) is 9.97 Å². The zero-order valence-corrected chi connectivity index (χ0v) is 17.1. The van der Waals surface area contributed by atoms with E-state index in [0.29, 0.717) is 66.6 Å². The molecule has 1 fully saturated rings. The second-order valence-electron chi connectivity index (χ2n) is 7.51. The van der Waals surface area contributed by atoms with Crippen LogP contribution in [-0.4, -0.2) is 59.2 Å². The number of carbonyl (C=O) groups is 1. The number of nitrogens with zero attached hydrogens (tertiary/aromatic N) is 5. The molecular weight excluding hydrogens is 416 g/mol. The number of carbonyl (C=O) groups excluding carboxylic acids is 1. The van der Waals surface area contributed by atoms with Crippen LogP contribution in [0.2, 0.25) is 0 Å². The topological polar surface area (TPSA) is 123 Å². The molecule has 1 saturated heterocycles. The smallest absolute Gasteiger partial charge is 0.293 e. The molecule has 0 saturated carbocycles. The summed E-state index contributed by atoms with van der Waals surface area (Å²) >= 11 is 0. The first-order chi connectivity index (χ1) is 15.6. The Balaban J connectivity index is 1.44. The molecule has 0 atom stereocenters. The Bertz CT molecular complexity index is 1190. The largest absolute Gasteiger partial charge is 0.454 e. The number of amides is 1. The number of nitro groups is 1. The first-order valence-corrected chi connectivity index (χ1v) is 10.1. The third-order valence-electron chi connectivity index (χ3n) is 5.63. The van der Waals surface area contributed by atoms with E-state index in [0.717, 1.165) is 12.0 Å². The Hall–Kier alpha value is -4.15. The van der Waals surface area contributed by atoms with Crippen molar-refractivity contribution in [2.45, 2.75) is 6.54 Å². The van der Waals surface area contributed by atoms with E-state index in [2.05, 4.69) is 15.3 Å². The lowest BCUT2D eigenvalue weighted by molar-refractivity contribution is -0.384. The summed E-state index contributed by atoms with van der Waals surface area (Å²) < 4.78 is 10.7. The molecule has 11 nitrogen and oxygen atoms in total. The predicted octanol–water partition coefficient (Wildman–Crippen LogP) is 2.16. The molecule has 3 aromatic rings. The molecule has 2 aliphatic heterocycles. The van der Waals surface area contributed by atoms with Crippen molar-refractivity contribution >= 4 is 34.5 Å². The van der Waals surface area contributed by atoms with Gasteiger partial charge in [-0.15, -0.1) is 0 Å². The Kier molecular flexibility index (Phi) is 5.06. The second-order valence-corrected chi connectivity index (χ2v) is 7.51. The quantitative estimate of drug-likeness (QED) is 0.352. The van der Waals surface area contributed by atoms with E-state index >= 15 is 0 Å². The summed E-state index contributed by atoms with van der Waals surface area (Å²) in [6, 6.07) is 8.89. The first kappa shape index (κ1) is 19.8. The SMILES string of the molecule is O=CN1CCN(c2cc3ncnc(NCc4ccc5c(c4)OCO5)c3cc2[N+](=O)[O-])CC1. The van der Waals surface area contributed by atoms with E-state index in [4.69, 9.17) is 9.47 Å². The normalized spacial score (nSPS) is 15.1. The van der Waals surface area contributed by atoms with Crippen LogP contribution < -0.4 is 19.7 Å². The lowest BCUT2D eigenvalue weighted by Crippen LogP contribution is -2.45. The van der Waals surface area contributed by atoms with E-state index in [1.807, 2.05) is 23.1 Å². The van der Waals surface area contributed by atoms with Crippen molar-refractivity contribution in [1.82, 2.24) is 14.9 Å². The highest BCUT2D eigenvalue weighted by Crippen LogP contribution is 2.36. The van der Waals surface area contributed by atoms with Crippen LogP contribution in [0.1, 0.15) is 5.56 Å². The number of rotatable bonds is 6. The molecule has 0 spiro atoms. The first-order valence-electron chi connectivity index (χ1n) is 10.1. The van der Waals surface area contributed by atoms with Gasteiger partial charge in [-0.05, 0) is 23.8 Å². The highest BCUT2D eigenvalue weighted by molar-refractivity contribution is 5.94. The number of piperazine rings is 1. The van der Waals surface area contributed by atoms with Crippen molar-refractivity contribution in [2.24, 2.45) is 0 Å². The van der Waals surface area contributed by atoms with Gasteiger partial charge < -0.3 is 24.6 Å². The molecule has 2 aliphatic rings. The Morgan fingerprint density at radius 2 is 1.91 bits per heavy atom. The predicted molar refractivity (Wildman–Crippen MR) is 116 cm³/mol. The number of nitrogens with one attached hydrogen (secondary N) is 1. The van der Waals surface area contributed by atoms with Gasteiger partial charge in [0.05, 0.1) is 10.4 Å². The fourth-order valence-electron chi connectivity index (χ4n) is 3.93. The number of nitro benzene ring substituents is 1. The number of anilines is 2. The van der Waals surface area contributed by atoms with Crippen LogP contribution >= 0.6 is 0 Å². The van der Waals surface area contributed by atoms with Crippen LogP contribution in [-0.2, 0) is 11.3 Å². The summed E-state index contributed by atoms with van der Waals surface area (Å²) in [6.07, 6.45) is 2.24. The number of fused-ring (bicyclic) bond motifs is 2. The Morgan fingerprint density at radius 3 is 2.69 bits per heavy atom. The number of hydrogen-bond acceptors (Lipinski definition) is 9. The van der Waals surface area contributed by atoms with Crippen LogP contribution in [0.3, 0.4) is 0 Å². The summed E-state index contributed by atoms with van der Waals surface area (Å²) in [5.41, 5.74) is 2.04. The average Bonchev–Trinajstić information content (AvgIpc) is 3.30. The molecule has 164 valence electrons. The maximum Gasteiger partial charge on any atom is 0.293 e. The highest BCUT2D eigenvalue weighted by atomic mass is 16.7. The summed E-state index contributed by atoms with van der Waals surface area (Å²) in [6.45, 7) is 2.73. The van der Waals surface area contributed by atoms with E-state index in [-0.39, 0.29) is 12.5 Å². The lowest BCUT2D eigenvalue weighted by atomic mass is 10.1. The zero-order chi connectivity index (χ0) is 22.1. The molecule has 11 heteroatoms. The summed E-state index contributed by atoms with van der Waals surface area (Å²) in [4.78, 5) is 34.6. The van der Waals surface area contributed by atoms with Crippen LogP contribution in [0.25, 0.3) is 10.9 Å². The third-order valence-corrected chi connectivity index (χ3v) is 5.63. The molecule has 5 rings (SSSR count). The molecule has 3 heterocycles. The number of benzene rings is 2. The van der Waals surface area contributed by atoms with Gasteiger partial charge in [0, 0.05) is 44.2 Å². The minimum Gasteiger partial charge on any atom is -0.454 e. The number of hydrogen-bond donors (Lipinski definition) is 1. The van der Waals surface area contributed by atoms with Crippen LogP contribution in [0.4, 0.5) is 17.2 Å². The van der Waals surface area contributed by atoms with Crippen molar-refractivity contribution in [1.29, 1.82) is 0 Å². The minimum atomic E-state index is -0.393. The zero-order valence-electron chi connectivity index (χ0n) is 17.1. The van der Waals surface area contributed by atoms with Crippen LogP contribution in [0.15, 0.2) is 36.7 Å². The molecule has 1 amide bonds. The minimum absolute atomic E-state index is 0.0158. The van der Waals surface area contributed by atoms with E-state index in [1.54, 1.807) is 11.0 Å². The number of aromatic nitrogens is 2. The Labute approximate surface area is 182 Å². The van der Waals surface area contributed by atoms with Crippen LogP contribution in [0.5, 0.6) is 11.5 Å². The molecule has 32 heavy (non-hydrogen) atoms. The number of ether oxygens (including phenoxy) is 2. The molecule has 0 aliphatic carbocycles. The van der Waals surface area contributed by atoms with Crippen molar-refractivity contribution in [2.75, 3.05) is 43.2 Å². The van der Waals surface area contributed by atoms with E-state index < -0.39 is 4.92 Å². The van der Waals surface area contributed by atoms with Gasteiger partial charge in [0.2, 0.25) is 13.2 Å². The average molecular weight is 436 g/mol. The van der Waals surface area contributed by atoms with Crippen LogP contribution in [0, 0.1) is 10.1 Å². The lowest BCUT2D eigenvalue weighted by Gasteiger charge is -2.33. The standard InChI is InChI=1S/C21H20N6O5/c28-12-25-3-5-26(6-4-25)17-9-16-15(8-18(17)27(29)30)21(24-11-23-16)22-10-14-1-2-19-20(7-14)32-13-31-19/h1-2,7-9,11-12H,3-6,10,13H2,(H,22,23,24). The van der Waals surface area contributed by atoms with E-state index in [9.17, 15) is 14.9 Å². The van der Waals surface area contributed by atoms with Gasteiger partial charge >= 0.3 is 0 Å². The monoisotopic (exact) mass is 436 g/mol. The maximum absolute atomic E-state index is 11.9. The molecule has 1 aromatic heterocycles. The third kappa shape index (κ3) is 3.68. The molecule has 0 unspecified atom stereocenters. The summed E-state index contributed by atoms with van der Waals surface area (Å²) in [5.74, 6) is 1.90. The van der Waals surface area contributed by atoms with Gasteiger partial charge in [0.1, 0.15) is 17.8 Å². The fraction of sp³-hybridized carbons (Fsp3) is 0.286. The van der Waals surface area contributed by atoms with Crippen molar-refractivity contribution in [3.63, 3.8) is 0 Å². The van der Waals surface area contributed by atoms with Gasteiger partial charge in [0.15, 0.2) is 11.5 Å². The van der Waals surface area contributed by atoms with Gasteiger partial charge in [-0.3, -0.25) is 14.9 Å². The summed E-state index contributed by atoms with van der Waals surface area (Å²) in [5, 5.41) is 15.7. The maximum atomic E-state index is 11.9. The van der Waals surface area contributed by atoms with Gasteiger partial charge in [0.25, 0.3) is 5.69 Å². The Morgan fingerprint density at radius 1 is 1.09 bits per heavy atom.